The Kier molecular flexibility index (Phi) is 3.49. The molecule has 1 atom stereocenters. The number of nitrogens with zero attached hydrogens (tertiary/aromatic N) is 2. The summed E-state index contributed by atoms with van der Waals surface area (Å²) in [5.74, 6) is -0.550. The number of esters is 1. The van der Waals surface area contributed by atoms with E-state index >= 15 is 0 Å². The van der Waals surface area contributed by atoms with Gasteiger partial charge in [-0.3, -0.25) is 0 Å². The topological polar surface area (TPSA) is 64.3 Å². The van der Waals surface area contributed by atoms with Gasteiger partial charge in [0.2, 0.25) is 6.10 Å². The number of hydrogen-bond acceptors (Lipinski definition) is 4. The maximum atomic E-state index is 11.1. The fraction of sp³-hybridized carbons (Fsp3) is 0.500. The van der Waals surface area contributed by atoms with Crippen molar-refractivity contribution in [3.05, 3.63) is 17.2 Å². The van der Waals surface area contributed by atoms with E-state index in [0.717, 1.165) is 0 Å². The molecule has 0 aliphatic rings. The third-order valence-electron chi connectivity index (χ3n) is 1.72. The molecule has 0 spiro atoms. The molecule has 0 unspecified atom stereocenters. The summed E-state index contributed by atoms with van der Waals surface area (Å²) >= 11 is 5.69. The lowest BCUT2D eigenvalue weighted by atomic mass is 10.3. The monoisotopic (exact) mass is 218 g/mol. The first-order valence-electron chi connectivity index (χ1n) is 4.09. The minimum atomic E-state index is -1.38. The van der Waals surface area contributed by atoms with Gasteiger partial charge in [-0.05, 0) is 6.92 Å². The van der Waals surface area contributed by atoms with Crippen LogP contribution in [-0.2, 0) is 16.6 Å². The smallest absolute Gasteiger partial charge is 0.342 e. The highest BCUT2D eigenvalue weighted by Gasteiger charge is 2.23. The van der Waals surface area contributed by atoms with Crippen molar-refractivity contribution in [3.8, 4) is 0 Å². The van der Waals surface area contributed by atoms with E-state index in [0.29, 0.717) is 5.15 Å². The van der Waals surface area contributed by atoms with Gasteiger partial charge in [0.15, 0.2) is 0 Å². The fourth-order valence-corrected chi connectivity index (χ4v) is 1.12. The van der Waals surface area contributed by atoms with Crippen molar-refractivity contribution in [3.63, 3.8) is 0 Å². The molecule has 0 saturated heterocycles. The summed E-state index contributed by atoms with van der Waals surface area (Å²) in [6.07, 6.45) is -0.0215. The Balaban J connectivity index is 2.83. The Labute approximate surface area is 86.3 Å². The van der Waals surface area contributed by atoms with Gasteiger partial charge in [-0.1, -0.05) is 11.6 Å². The zero-order chi connectivity index (χ0) is 10.7. The molecule has 1 aromatic rings. The minimum Gasteiger partial charge on any atom is -0.464 e. The van der Waals surface area contributed by atoms with E-state index in [4.69, 9.17) is 11.6 Å². The van der Waals surface area contributed by atoms with E-state index in [1.807, 2.05) is 0 Å². The summed E-state index contributed by atoms with van der Waals surface area (Å²) in [7, 11) is 1.60. The molecule has 0 aromatic carbocycles. The highest BCUT2D eigenvalue weighted by Crippen LogP contribution is 2.16. The van der Waals surface area contributed by atoms with E-state index < -0.39 is 12.1 Å². The maximum absolute atomic E-state index is 11.1. The average molecular weight is 219 g/mol. The summed E-state index contributed by atoms with van der Waals surface area (Å²) in [6.45, 7) is 1.88. The molecule has 0 amide bonds. The second kappa shape index (κ2) is 4.43. The summed E-state index contributed by atoms with van der Waals surface area (Å²) in [6, 6.07) is 0. The third-order valence-corrected chi connectivity index (χ3v) is 2.07. The molecule has 0 bridgehead atoms. The Morgan fingerprint density at radius 3 is 2.93 bits per heavy atom. The molecule has 1 rings (SSSR count). The summed E-state index contributed by atoms with van der Waals surface area (Å²) in [5, 5.41) is 9.85. The van der Waals surface area contributed by atoms with Gasteiger partial charge in [0.05, 0.1) is 12.8 Å². The number of ether oxygens (including phenoxy) is 1. The van der Waals surface area contributed by atoms with Gasteiger partial charge in [-0.2, -0.15) is 0 Å². The van der Waals surface area contributed by atoms with Gasteiger partial charge in [0.1, 0.15) is 11.0 Å². The lowest BCUT2D eigenvalue weighted by Gasteiger charge is -2.09. The van der Waals surface area contributed by atoms with E-state index in [1.165, 1.54) is 10.8 Å². The Morgan fingerprint density at radius 1 is 1.86 bits per heavy atom. The van der Waals surface area contributed by atoms with Gasteiger partial charge in [0.25, 0.3) is 0 Å². The first-order chi connectivity index (χ1) is 6.57. The molecular weight excluding hydrogens is 208 g/mol. The van der Waals surface area contributed by atoms with Gasteiger partial charge in [-0.15, -0.1) is 0 Å². The Bertz CT molecular complexity index is 337. The van der Waals surface area contributed by atoms with Gasteiger partial charge >= 0.3 is 5.97 Å². The number of hydrogen-bond donors (Lipinski definition) is 1. The van der Waals surface area contributed by atoms with Crippen molar-refractivity contribution in [1.29, 1.82) is 0 Å². The van der Waals surface area contributed by atoms with Crippen LogP contribution in [0, 0.1) is 0 Å². The lowest BCUT2D eigenvalue weighted by molar-refractivity contribution is -0.153. The van der Waals surface area contributed by atoms with E-state index in [2.05, 4.69) is 9.72 Å². The summed E-state index contributed by atoms with van der Waals surface area (Å²) in [4.78, 5) is 14.9. The van der Waals surface area contributed by atoms with Crippen molar-refractivity contribution < 1.29 is 14.6 Å². The van der Waals surface area contributed by atoms with Crippen LogP contribution < -0.4 is 0 Å². The van der Waals surface area contributed by atoms with Crippen LogP contribution in [0.2, 0.25) is 5.15 Å². The zero-order valence-corrected chi connectivity index (χ0v) is 8.65. The largest absolute Gasteiger partial charge is 0.464 e. The highest BCUT2D eigenvalue weighted by molar-refractivity contribution is 6.29. The van der Waals surface area contributed by atoms with Crippen LogP contribution in [0.3, 0.4) is 0 Å². The number of carbonyl (C=O) groups is 1. The molecule has 0 radical (unpaired) electrons. The van der Waals surface area contributed by atoms with Crippen LogP contribution in [-0.4, -0.2) is 27.2 Å². The number of carbonyl (C=O) groups excluding carboxylic acids is 1. The Hall–Kier alpha value is -1.07. The van der Waals surface area contributed by atoms with Crippen molar-refractivity contribution in [2.24, 2.45) is 7.05 Å². The molecule has 78 valence electrons. The number of halogens is 1. The standard InChI is InChI=1S/C8H11ClN2O3/c1-3-14-8(13)6(12)7-10-4-5(9)11(7)2/h4,6,12H,3H2,1-2H3/t6-/m0/s1. The van der Waals surface area contributed by atoms with E-state index in [9.17, 15) is 9.90 Å². The van der Waals surface area contributed by atoms with Gasteiger partial charge < -0.3 is 14.4 Å². The predicted molar refractivity (Wildman–Crippen MR) is 49.8 cm³/mol. The third kappa shape index (κ3) is 2.05. The molecule has 1 heterocycles. The molecule has 6 heteroatoms. The van der Waals surface area contributed by atoms with Gasteiger partial charge in [-0.25, -0.2) is 9.78 Å². The Morgan fingerprint density at radius 2 is 2.50 bits per heavy atom. The highest BCUT2D eigenvalue weighted by atomic mass is 35.5. The molecule has 0 fully saturated rings. The predicted octanol–water partition coefficient (Wildman–Crippen LogP) is 0.670. The second-order valence-electron chi connectivity index (χ2n) is 2.65. The van der Waals surface area contributed by atoms with Crippen molar-refractivity contribution in [1.82, 2.24) is 9.55 Å². The maximum Gasteiger partial charge on any atom is 0.342 e. The molecular formula is C8H11ClN2O3. The number of imidazole rings is 1. The lowest BCUT2D eigenvalue weighted by Crippen LogP contribution is -2.18. The van der Waals surface area contributed by atoms with Crippen LogP contribution in [0.15, 0.2) is 6.20 Å². The molecule has 14 heavy (non-hydrogen) atoms. The quantitative estimate of drug-likeness (QED) is 0.758. The molecule has 1 N–H and O–H groups in total. The summed E-state index contributed by atoms with van der Waals surface area (Å²) < 4.78 is 6.06. The number of rotatable bonds is 3. The van der Waals surface area contributed by atoms with Crippen molar-refractivity contribution in [2.75, 3.05) is 6.61 Å². The second-order valence-corrected chi connectivity index (χ2v) is 3.04. The number of aromatic nitrogens is 2. The molecule has 0 aliphatic heterocycles. The number of aliphatic hydroxyl groups excluding tert-OH is 1. The summed E-state index contributed by atoms with van der Waals surface area (Å²) in [5.41, 5.74) is 0. The average Bonchev–Trinajstić information content (AvgIpc) is 2.47. The van der Waals surface area contributed by atoms with Crippen LogP contribution in [0.4, 0.5) is 0 Å². The fourth-order valence-electron chi connectivity index (χ4n) is 0.983. The molecule has 0 aliphatic carbocycles. The zero-order valence-electron chi connectivity index (χ0n) is 7.90. The van der Waals surface area contributed by atoms with Crippen LogP contribution >= 0.6 is 11.6 Å². The first kappa shape index (κ1) is 11.0. The minimum absolute atomic E-state index is 0.174. The van der Waals surface area contributed by atoms with E-state index in [-0.39, 0.29) is 12.4 Å². The van der Waals surface area contributed by atoms with Crippen LogP contribution in [0.5, 0.6) is 0 Å². The molecule has 5 nitrogen and oxygen atoms in total. The van der Waals surface area contributed by atoms with E-state index in [1.54, 1.807) is 14.0 Å². The van der Waals surface area contributed by atoms with Crippen molar-refractivity contribution >= 4 is 17.6 Å². The molecule has 0 saturated carbocycles. The van der Waals surface area contributed by atoms with Crippen LogP contribution in [0.1, 0.15) is 18.9 Å². The number of aliphatic hydroxyl groups is 1. The van der Waals surface area contributed by atoms with Crippen LogP contribution in [0.25, 0.3) is 0 Å². The normalized spacial score (nSPS) is 12.6. The van der Waals surface area contributed by atoms with Gasteiger partial charge in [0, 0.05) is 7.05 Å². The molecule has 1 aromatic heterocycles. The first-order valence-corrected chi connectivity index (χ1v) is 4.47. The SMILES string of the molecule is CCOC(=O)[C@@H](O)c1ncc(Cl)n1C. The van der Waals surface area contributed by atoms with Crippen molar-refractivity contribution in [2.45, 2.75) is 13.0 Å².